The Kier molecular flexibility index (Phi) is 14.3. The normalized spacial score (nSPS) is 8.62. The van der Waals surface area contributed by atoms with Crippen LogP contribution in [0.15, 0.2) is 43.0 Å². The second-order valence-electron chi connectivity index (χ2n) is 3.85. The van der Waals surface area contributed by atoms with Gasteiger partial charge < -0.3 is 20.5 Å². The maximum atomic E-state index is 10.4. The van der Waals surface area contributed by atoms with E-state index in [2.05, 4.69) is 12.3 Å². The van der Waals surface area contributed by atoms with E-state index in [1.54, 1.807) is 30.3 Å². The van der Waals surface area contributed by atoms with Crippen molar-refractivity contribution in [3.05, 3.63) is 48.6 Å². The van der Waals surface area contributed by atoms with Gasteiger partial charge in [0.05, 0.1) is 5.56 Å². The summed E-state index contributed by atoms with van der Waals surface area (Å²) in [5.74, 6) is -1.24. The van der Waals surface area contributed by atoms with Crippen LogP contribution in [0.25, 0.3) is 0 Å². The van der Waals surface area contributed by atoms with E-state index in [0.717, 1.165) is 12.6 Å². The van der Waals surface area contributed by atoms with E-state index in [9.17, 15) is 9.59 Å². The first-order chi connectivity index (χ1) is 9.97. The molecule has 6 nitrogen and oxygen atoms in total. The minimum absolute atomic E-state index is 0.331. The summed E-state index contributed by atoms with van der Waals surface area (Å²) in [6.45, 7) is 4.45. The van der Waals surface area contributed by atoms with E-state index in [-0.39, 0.29) is 5.97 Å². The van der Waals surface area contributed by atoms with E-state index in [1.807, 2.05) is 19.0 Å². The number of ether oxygens (including phenoxy) is 1. The van der Waals surface area contributed by atoms with Crippen molar-refractivity contribution >= 4 is 11.9 Å². The zero-order valence-electron chi connectivity index (χ0n) is 12.8. The van der Waals surface area contributed by atoms with E-state index in [4.69, 9.17) is 9.84 Å². The molecular formula is C15H24N2O4. The molecule has 1 rings (SSSR count). The van der Waals surface area contributed by atoms with Gasteiger partial charge in [-0.1, -0.05) is 24.8 Å². The molecule has 0 aromatic heterocycles. The minimum atomic E-state index is -0.879. The quantitative estimate of drug-likeness (QED) is 0.627. The van der Waals surface area contributed by atoms with Gasteiger partial charge >= 0.3 is 11.9 Å². The molecule has 1 aromatic carbocycles. The minimum Gasteiger partial charge on any atom is -0.478 e. The first-order valence-corrected chi connectivity index (χ1v) is 6.27. The third-order valence-corrected chi connectivity index (χ3v) is 1.97. The number of carbonyl (C=O) groups is 2. The number of benzene rings is 1. The molecule has 0 fully saturated rings. The molecule has 6 heteroatoms. The van der Waals surface area contributed by atoms with Gasteiger partial charge in [0.25, 0.3) is 0 Å². The molecule has 0 saturated carbocycles. The summed E-state index contributed by atoms with van der Waals surface area (Å²) < 4.78 is 4.70. The summed E-state index contributed by atoms with van der Waals surface area (Å²) >= 11 is 0. The van der Waals surface area contributed by atoms with Crippen LogP contribution in [-0.4, -0.2) is 56.2 Å². The molecular weight excluding hydrogens is 272 g/mol. The Bertz CT molecular complexity index is 405. The van der Waals surface area contributed by atoms with Crippen LogP contribution in [0.2, 0.25) is 0 Å². The SMILES string of the molecule is C=CC(=O)OCCN(C)C.CN.O=C(O)c1ccccc1. The number of rotatable bonds is 5. The van der Waals surface area contributed by atoms with Crippen LogP contribution in [0, 0.1) is 0 Å². The van der Waals surface area contributed by atoms with Crippen molar-refractivity contribution in [2.75, 3.05) is 34.3 Å². The maximum Gasteiger partial charge on any atom is 0.335 e. The molecule has 0 aliphatic rings. The van der Waals surface area contributed by atoms with E-state index < -0.39 is 5.97 Å². The average molecular weight is 296 g/mol. The molecule has 21 heavy (non-hydrogen) atoms. The maximum absolute atomic E-state index is 10.4. The fourth-order valence-electron chi connectivity index (χ4n) is 0.968. The lowest BCUT2D eigenvalue weighted by molar-refractivity contribution is -0.137. The second kappa shape index (κ2) is 14.2. The Morgan fingerprint density at radius 3 is 2.14 bits per heavy atom. The Morgan fingerprint density at radius 2 is 1.81 bits per heavy atom. The van der Waals surface area contributed by atoms with Crippen LogP contribution in [0.1, 0.15) is 10.4 Å². The molecule has 0 aliphatic carbocycles. The molecule has 0 unspecified atom stereocenters. The molecule has 0 saturated heterocycles. The highest BCUT2D eigenvalue weighted by Crippen LogP contribution is 1.96. The van der Waals surface area contributed by atoms with Gasteiger partial charge in [-0.3, -0.25) is 0 Å². The van der Waals surface area contributed by atoms with E-state index in [0.29, 0.717) is 12.2 Å². The highest BCUT2D eigenvalue weighted by molar-refractivity contribution is 5.87. The van der Waals surface area contributed by atoms with Crippen LogP contribution in [0.5, 0.6) is 0 Å². The molecule has 0 atom stereocenters. The van der Waals surface area contributed by atoms with Gasteiger partial charge in [0, 0.05) is 12.6 Å². The molecule has 0 amide bonds. The summed E-state index contributed by atoms with van der Waals surface area (Å²) in [6, 6.07) is 8.30. The van der Waals surface area contributed by atoms with Crippen LogP contribution in [0.4, 0.5) is 0 Å². The monoisotopic (exact) mass is 296 g/mol. The molecule has 1 aromatic rings. The van der Waals surface area contributed by atoms with Crippen molar-refractivity contribution in [3.63, 3.8) is 0 Å². The Labute approximate surface area is 125 Å². The predicted octanol–water partition coefficient (Wildman–Crippen LogP) is 1.24. The topological polar surface area (TPSA) is 92.9 Å². The molecule has 0 spiro atoms. The van der Waals surface area contributed by atoms with Crippen LogP contribution in [0.3, 0.4) is 0 Å². The van der Waals surface area contributed by atoms with Gasteiger partial charge in [0.2, 0.25) is 0 Å². The fraction of sp³-hybridized carbons (Fsp3) is 0.333. The van der Waals surface area contributed by atoms with Crippen molar-refractivity contribution in [3.8, 4) is 0 Å². The number of carboxylic acid groups (broad SMARTS) is 1. The number of carboxylic acids is 1. The van der Waals surface area contributed by atoms with Gasteiger partial charge in [0.1, 0.15) is 6.61 Å². The lowest BCUT2D eigenvalue weighted by Crippen LogP contribution is -2.19. The number of nitrogens with two attached hydrogens (primary N) is 1. The predicted molar refractivity (Wildman–Crippen MR) is 83.2 cm³/mol. The Hall–Kier alpha value is -2.18. The van der Waals surface area contributed by atoms with Crippen LogP contribution >= 0.6 is 0 Å². The molecule has 3 N–H and O–H groups in total. The van der Waals surface area contributed by atoms with Gasteiger partial charge in [-0.25, -0.2) is 9.59 Å². The molecule has 0 bridgehead atoms. The third-order valence-electron chi connectivity index (χ3n) is 1.97. The van der Waals surface area contributed by atoms with Gasteiger partial charge in [-0.15, -0.1) is 0 Å². The average Bonchev–Trinajstić information content (AvgIpc) is 2.50. The van der Waals surface area contributed by atoms with Crippen molar-refractivity contribution in [1.29, 1.82) is 0 Å². The molecule has 0 aliphatic heterocycles. The smallest absolute Gasteiger partial charge is 0.335 e. The standard InChI is InChI=1S/C7H13NO2.C7H6O2.CH5N/c1-4-7(9)10-6-5-8(2)3;8-7(9)6-4-2-1-3-5-6;1-2/h4H,1,5-6H2,2-3H3;1-5H,(H,8,9);2H2,1H3. The summed E-state index contributed by atoms with van der Waals surface area (Å²) in [5, 5.41) is 8.38. The van der Waals surface area contributed by atoms with Crippen molar-refractivity contribution in [1.82, 2.24) is 4.90 Å². The lowest BCUT2D eigenvalue weighted by Gasteiger charge is -2.07. The largest absolute Gasteiger partial charge is 0.478 e. The number of hydrogen-bond donors (Lipinski definition) is 2. The highest BCUT2D eigenvalue weighted by Gasteiger charge is 1.96. The summed E-state index contributed by atoms with van der Waals surface area (Å²) in [4.78, 5) is 22.6. The van der Waals surface area contributed by atoms with Crippen LogP contribution in [-0.2, 0) is 9.53 Å². The second-order valence-corrected chi connectivity index (χ2v) is 3.85. The number of hydrogen-bond acceptors (Lipinski definition) is 5. The molecule has 0 radical (unpaired) electrons. The van der Waals surface area contributed by atoms with E-state index >= 15 is 0 Å². The van der Waals surface area contributed by atoms with E-state index in [1.165, 1.54) is 7.05 Å². The zero-order valence-corrected chi connectivity index (χ0v) is 12.8. The summed E-state index contributed by atoms with van der Waals surface area (Å²) in [7, 11) is 5.34. The van der Waals surface area contributed by atoms with Gasteiger partial charge in [0.15, 0.2) is 0 Å². The van der Waals surface area contributed by atoms with Crippen molar-refractivity contribution in [2.45, 2.75) is 0 Å². The summed E-state index contributed by atoms with van der Waals surface area (Å²) in [5.41, 5.74) is 4.83. The first-order valence-electron chi connectivity index (χ1n) is 6.27. The number of likely N-dealkylation sites (N-methyl/N-ethyl adjacent to an activating group) is 1. The molecule has 118 valence electrons. The summed E-state index contributed by atoms with van der Waals surface area (Å²) in [6.07, 6.45) is 1.16. The zero-order chi connectivity index (χ0) is 16.7. The van der Waals surface area contributed by atoms with Crippen molar-refractivity contribution < 1.29 is 19.4 Å². The number of carbonyl (C=O) groups excluding carboxylic acids is 1. The number of aromatic carboxylic acids is 1. The van der Waals surface area contributed by atoms with Gasteiger partial charge in [-0.05, 0) is 33.3 Å². The number of nitrogens with zero attached hydrogens (tertiary/aromatic N) is 1. The van der Waals surface area contributed by atoms with Crippen molar-refractivity contribution in [2.24, 2.45) is 5.73 Å². The number of esters is 1. The fourth-order valence-corrected chi connectivity index (χ4v) is 0.968. The lowest BCUT2D eigenvalue weighted by atomic mass is 10.2. The molecule has 0 heterocycles. The highest BCUT2D eigenvalue weighted by atomic mass is 16.5. The third kappa shape index (κ3) is 14.0. The first kappa shape index (κ1) is 21.1. The van der Waals surface area contributed by atoms with Crippen LogP contribution < -0.4 is 5.73 Å². The Morgan fingerprint density at radius 1 is 1.29 bits per heavy atom. The Balaban J connectivity index is 0. The van der Waals surface area contributed by atoms with Gasteiger partial charge in [-0.2, -0.15) is 0 Å².